The number of aromatic nitrogens is 3. The number of carbonyl (C=O) groups excluding carboxylic acids is 1. The largest absolute Gasteiger partial charge is 0.355 e. The Labute approximate surface area is 180 Å². The van der Waals surface area contributed by atoms with E-state index in [-0.39, 0.29) is 17.6 Å². The molecule has 0 saturated heterocycles. The van der Waals surface area contributed by atoms with Gasteiger partial charge in [0.05, 0.1) is 0 Å². The van der Waals surface area contributed by atoms with E-state index in [1.165, 1.54) is 23.3 Å². The first-order valence-corrected chi connectivity index (χ1v) is 11.3. The maximum atomic E-state index is 13.5. The van der Waals surface area contributed by atoms with Crippen molar-refractivity contribution in [1.82, 2.24) is 20.1 Å². The number of hydrogen-bond donors (Lipinski definition) is 1. The highest BCUT2D eigenvalue weighted by atomic mass is 32.2. The summed E-state index contributed by atoms with van der Waals surface area (Å²) in [5.74, 6) is 1.53. The summed E-state index contributed by atoms with van der Waals surface area (Å²) in [7, 11) is 0. The molecule has 3 aromatic rings. The van der Waals surface area contributed by atoms with Crippen LogP contribution in [-0.4, -0.2) is 27.2 Å². The number of amides is 1. The lowest BCUT2D eigenvalue weighted by molar-refractivity contribution is -0.127. The Balaban J connectivity index is 1.51. The molecule has 1 saturated carbocycles. The van der Waals surface area contributed by atoms with Crippen LogP contribution < -0.4 is 5.32 Å². The van der Waals surface area contributed by atoms with Crippen LogP contribution in [0.3, 0.4) is 0 Å². The molecule has 1 N–H and O–H groups in total. The predicted octanol–water partition coefficient (Wildman–Crippen LogP) is 4.47. The molecule has 156 valence electrons. The first kappa shape index (κ1) is 20.6. The van der Waals surface area contributed by atoms with Crippen LogP contribution in [0.15, 0.2) is 53.7 Å². The normalized spacial score (nSPS) is 13.8. The van der Waals surface area contributed by atoms with Gasteiger partial charge < -0.3 is 5.32 Å². The number of thioether (sulfide) groups is 1. The van der Waals surface area contributed by atoms with E-state index in [0.717, 1.165) is 41.7 Å². The number of hydrogen-bond acceptors (Lipinski definition) is 4. The second-order valence-corrected chi connectivity index (χ2v) is 8.54. The number of carbonyl (C=O) groups is 1. The molecule has 30 heavy (non-hydrogen) atoms. The molecular formula is C23H25FN4OS. The van der Waals surface area contributed by atoms with Crippen LogP contribution in [0.4, 0.5) is 4.39 Å². The van der Waals surface area contributed by atoms with Crippen LogP contribution in [0.1, 0.15) is 36.2 Å². The van der Waals surface area contributed by atoms with Gasteiger partial charge in [0.15, 0.2) is 5.16 Å². The molecule has 0 atom stereocenters. The number of rotatable bonds is 8. The summed E-state index contributed by atoms with van der Waals surface area (Å²) < 4.78 is 15.4. The smallest absolute Gasteiger partial charge is 0.223 e. The molecule has 0 unspecified atom stereocenters. The van der Waals surface area contributed by atoms with Crippen LogP contribution in [0.2, 0.25) is 0 Å². The molecular weight excluding hydrogens is 399 g/mol. The minimum atomic E-state index is -0.282. The molecule has 0 radical (unpaired) electrons. The highest BCUT2D eigenvalue weighted by molar-refractivity contribution is 7.98. The van der Waals surface area contributed by atoms with Gasteiger partial charge in [0.25, 0.3) is 0 Å². The molecule has 1 amide bonds. The minimum absolute atomic E-state index is 0.128. The van der Waals surface area contributed by atoms with Gasteiger partial charge in [0.2, 0.25) is 5.91 Å². The maximum Gasteiger partial charge on any atom is 0.223 e. The molecule has 1 aliphatic rings. The lowest BCUT2D eigenvalue weighted by Crippen LogP contribution is -2.35. The van der Waals surface area contributed by atoms with E-state index in [1.807, 2.05) is 16.7 Å². The van der Waals surface area contributed by atoms with Gasteiger partial charge in [-0.2, -0.15) is 0 Å². The van der Waals surface area contributed by atoms with E-state index < -0.39 is 0 Å². The second kappa shape index (κ2) is 9.43. The van der Waals surface area contributed by atoms with Gasteiger partial charge in [-0.25, -0.2) is 4.39 Å². The van der Waals surface area contributed by atoms with Gasteiger partial charge in [-0.1, -0.05) is 42.4 Å². The summed E-state index contributed by atoms with van der Waals surface area (Å²) in [6.07, 6.45) is 3.67. The van der Waals surface area contributed by atoms with Crippen molar-refractivity contribution in [2.24, 2.45) is 5.92 Å². The van der Waals surface area contributed by atoms with Gasteiger partial charge in [0, 0.05) is 30.3 Å². The molecule has 0 spiro atoms. The van der Waals surface area contributed by atoms with Crippen molar-refractivity contribution >= 4 is 17.7 Å². The molecule has 2 aromatic carbocycles. The molecule has 7 heteroatoms. The monoisotopic (exact) mass is 424 g/mol. The summed E-state index contributed by atoms with van der Waals surface area (Å²) in [5, 5.41) is 12.5. The Morgan fingerprint density at radius 2 is 1.93 bits per heavy atom. The van der Waals surface area contributed by atoms with Crippen molar-refractivity contribution in [3.63, 3.8) is 0 Å². The molecule has 0 aliphatic heterocycles. The van der Waals surface area contributed by atoms with Crippen LogP contribution in [-0.2, 0) is 17.0 Å². The van der Waals surface area contributed by atoms with Gasteiger partial charge in [-0.3, -0.25) is 9.36 Å². The maximum absolute atomic E-state index is 13.5. The van der Waals surface area contributed by atoms with Gasteiger partial charge in [-0.15, -0.1) is 10.2 Å². The number of benzene rings is 2. The zero-order chi connectivity index (χ0) is 20.9. The SMILES string of the molecule is Cc1ccccc1CSc1nnc(CCNC(=O)C2CCC2)n1-c1ccc(F)cc1. The zero-order valence-electron chi connectivity index (χ0n) is 17.0. The molecule has 1 heterocycles. The first-order valence-electron chi connectivity index (χ1n) is 10.3. The average Bonchev–Trinajstić information content (AvgIpc) is 3.09. The van der Waals surface area contributed by atoms with Crippen molar-refractivity contribution in [3.05, 3.63) is 71.3 Å². The Kier molecular flexibility index (Phi) is 6.47. The van der Waals surface area contributed by atoms with E-state index in [1.54, 1.807) is 23.9 Å². The molecule has 1 aromatic heterocycles. The topological polar surface area (TPSA) is 59.8 Å². The number of nitrogens with zero attached hydrogens (tertiary/aromatic N) is 3. The van der Waals surface area contributed by atoms with E-state index in [4.69, 9.17) is 0 Å². The third kappa shape index (κ3) is 4.73. The summed E-state index contributed by atoms with van der Waals surface area (Å²) in [5.41, 5.74) is 3.29. The fourth-order valence-corrected chi connectivity index (χ4v) is 4.48. The molecule has 4 rings (SSSR count). The van der Waals surface area contributed by atoms with E-state index in [0.29, 0.717) is 13.0 Å². The lowest BCUT2D eigenvalue weighted by Gasteiger charge is -2.23. The molecule has 1 fully saturated rings. The zero-order valence-corrected chi connectivity index (χ0v) is 17.8. The van der Waals surface area contributed by atoms with Gasteiger partial charge >= 0.3 is 0 Å². The average molecular weight is 425 g/mol. The van der Waals surface area contributed by atoms with Crippen molar-refractivity contribution in [2.45, 2.75) is 43.5 Å². The fourth-order valence-electron chi connectivity index (χ4n) is 3.43. The number of aryl methyl sites for hydroxylation is 1. The minimum Gasteiger partial charge on any atom is -0.355 e. The summed E-state index contributed by atoms with van der Waals surface area (Å²) in [6, 6.07) is 14.6. The van der Waals surface area contributed by atoms with Crippen molar-refractivity contribution in [1.29, 1.82) is 0 Å². The first-order chi connectivity index (χ1) is 14.6. The Hall–Kier alpha value is -2.67. The standard InChI is InChI=1S/C23H25FN4OS/c1-16-5-2-3-6-18(16)15-30-23-27-26-21(13-14-25-22(29)17-7-4-8-17)28(23)20-11-9-19(24)10-12-20/h2-3,5-6,9-12,17H,4,7-8,13-15H2,1H3,(H,25,29). The molecule has 0 bridgehead atoms. The number of halogens is 1. The van der Waals surface area contributed by atoms with Gasteiger partial charge in [0.1, 0.15) is 11.6 Å². The van der Waals surface area contributed by atoms with Crippen LogP contribution >= 0.6 is 11.8 Å². The Bertz CT molecular complexity index is 1010. The highest BCUT2D eigenvalue weighted by Crippen LogP contribution is 2.27. The van der Waals surface area contributed by atoms with Crippen molar-refractivity contribution in [3.8, 4) is 5.69 Å². The number of nitrogens with one attached hydrogen (secondary N) is 1. The van der Waals surface area contributed by atoms with Gasteiger partial charge in [-0.05, 0) is 55.2 Å². The fraction of sp³-hybridized carbons (Fsp3) is 0.348. The van der Waals surface area contributed by atoms with Crippen molar-refractivity contribution < 1.29 is 9.18 Å². The molecule has 1 aliphatic carbocycles. The quantitative estimate of drug-likeness (QED) is 0.542. The predicted molar refractivity (Wildman–Crippen MR) is 116 cm³/mol. The third-order valence-electron chi connectivity index (χ3n) is 5.53. The third-order valence-corrected chi connectivity index (χ3v) is 6.50. The van der Waals surface area contributed by atoms with E-state index in [9.17, 15) is 9.18 Å². The second-order valence-electron chi connectivity index (χ2n) is 7.59. The van der Waals surface area contributed by atoms with Crippen molar-refractivity contribution in [2.75, 3.05) is 6.54 Å². The van der Waals surface area contributed by atoms with Crippen LogP contribution in [0.25, 0.3) is 5.69 Å². The van der Waals surface area contributed by atoms with Crippen LogP contribution in [0, 0.1) is 18.7 Å². The Morgan fingerprint density at radius 3 is 2.63 bits per heavy atom. The summed E-state index contributed by atoms with van der Waals surface area (Å²) in [6.45, 7) is 2.61. The lowest BCUT2D eigenvalue weighted by atomic mass is 9.85. The Morgan fingerprint density at radius 1 is 1.17 bits per heavy atom. The summed E-state index contributed by atoms with van der Waals surface area (Å²) in [4.78, 5) is 12.1. The van der Waals surface area contributed by atoms with Crippen LogP contribution in [0.5, 0.6) is 0 Å². The highest BCUT2D eigenvalue weighted by Gasteiger charge is 2.25. The summed E-state index contributed by atoms with van der Waals surface area (Å²) >= 11 is 1.60. The van der Waals surface area contributed by atoms with E-state index in [2.05, 4.69) is 34.6 Å². The molecule has 5 nitrogen and oxygen atoms in total. The van der Waals surface area contributed by atoms with E-state index >= 15 is 0 Å².